The molecule has 3 rings (SSSR count). The van der Waals surface area contributed by atoms with E-state index in [-0.39, 0.29) is 0 Å². The fourth-order valence-electron chi connectivity index (χ4n) is 3.42. The first-order valence-electron chi connectivity index (χ1n) is 9.73. The summed E-state index contributed by atoms with van der Waals surface area (Å²) in [6.45, 7) is 4.78. The predicted molar refractivity (Wildman–Crippen MR) is 157 cm³/mol. The summed E-state index contributed by atoms with van der Waals surface area (Å²) in [5, 5.41) is 2.70. The summed E-state index contributed by atoms with van der Waals surface area (Å²) in [7, 11) is 0. The minimum atomic E-state index is -1.15. The van der Waals surface area contributed by atoms with Crippen molar-refractivity contribution in [3.8, 4) is 0 Å². The first-order valence-corrected chi connectivity index (χ1v) is 14.0. The first-order chi connectivity index (χ1) is 15.5. The van der Waals surface area contributed by atoms with E-state index in [1.54, 1.807) is 26.0 Å². The third-order valence-corrected chi connectivity index (χ3v) is 12.5. The van der Waals surface area contributed by atoms with E-state index < -0.39 is 42.3 Å². The molecule has 2 aromatic carbocycles. The van der Waals surface area contributed by atoms with E-state index in [2.05, 4.69) is 95.7 Å². The Morgan fingerprint density at radius 3 is 1.94 bits per heavy atom. The Bertz CT molecular complexity index is 1130. The van der Waals surface area contributed by atoms with Gasteiger partial charge in [-0.3, -0.25) is 19.3 Å². The standard InChI is InChI=1S/C22H18I4N2O5/c1-9(2)19(22(32)33-8-12(29)27-11-7-5-4-6-10(11)3)28-20(30)13-14(21(28)31)16(24)18(26)17(25)15(13)23/h4-7,9,19H,8H2,1-3H3,(H,27,29)/t19-/m1/s1. The molecule has 3 amide bonds. The lowest BCUT2D eigenvalue weighted by atomic mass is 10.0. The van der Waals surface area contributed by atoms with Crippen LogP contribution in [0.5, 0.6) is 0 Å². The Balaban J connectivity index is 1.82. The number of halogens is 4. The molecule has 0 aromatic heterocycles. The van der Waals surface area contributed by atoms with Gasteiger partial charge in [-0.15, -0.1) is 0 Å². The Hall–Kier alpha value is -0.560. The Morgan fingerprint density at radius 1 is 0.939 bits per heavy atom. The van der Waals surface area contributed by atoms with Gasteiger partial charge >= 0.3 is 5.97 Å². The normalized spacial score (nSPS) is 13.9. The number of hydrogen-bond donors (Lipinski definition) is 1. The van der Waals surface area contributed by atoms with Crippen LogP contribution < -0.4 is 5.32 Å². The van der Waals surface area contributed by atoms with Gasteiger partial charge in [0.25, 0.3) is 17.7 Å². The zero-order chi connectivity index (χ0) is 24.6. The third-order valence-electron chi connectivity index (χ3n) is 5.05. The van der Waals surface area contributed by atoms with Gasteiger partial charge in [0.05, 0.1) is 11.1 Å². The zero-order valence-electron chi connectivity index (χ0n) is 17.7. The summed E-state index contributed by atoms with van der Waals surface area (Å²) >= 11 is 8.42. The summed E-state index contributed by atoms with van der Waals surface area (Å²) in [5.74, 6) is -2.75. The summed E-state index contributed by atoms with van der Waals surface area (Å²) in [6, 6.07) is 6.09. The van der Waals surface area contributed by atoms with Crippen molar-refractivity contribution in [2.24, 2.45) is 5.92 Å². The molecule has 1 N–H and O–H groups in total. The molecule has 0 aliphatic carbocycles. The number of anilines is 1. The summed E-state index contributed by atoms with van der Waals surface area (Å²) in [5.41, 5.74) is 2.11. The number of ether oxygens (including phenoxy) is 1. The van der Waals surface area contributed by atoms with Crippen LogP contribution in [0, 0.1) is 27.1 Å². The van der Waals surface area contributed by atoms with E-state index in [1.165, 1.54) is 0 Å². The second kappa shape index (κ2) is 11.0. The second-order valence-electron chi connectivity index (χ2n) is 7.65. The van der Waals surface area contributed by atoms with Gasteiger partial charge in [0.15, 0.2) is 6.61 Å². The van der Waals surface area contributed by atoms with Crippen molar-refractivity contribution in [1.29, 1.82) is 0 Å². The highest BCUT2D eigenvalue weighted by Gasteiger charge is 2.47. The maximum absolute atomic E-state index is 13.3. The van der Waals surface area contributed by atoms with Gasteiger partial charge in [-0.1, -0.05) is 32.0 Å². The number of aryl methyl sites for hydroxylation is 1. The highest BCUT2D eigenvalue weighted by atomic mass is 127. The maximum Gasteiger partial charge on any atom is 0.330 e. The lowest BCUT2D eigenvalue weighted by Crippen LogP contribution is -2.49. The number of rotatable bonds is 6. The topological polar surface area (TPSA) is 92.8 Å². The highest BCUT2D eigenvalue weighted by Crippen LogP contribution is 2.39. The number of esters is 1. The average Bonchev–Trinajstić information content (AvgIpc) is 3.01. The number of carbonyl (C=O) groups excluding carboxylic acids is 4. The lowest BCUT2D eigenvalue weighted by molar-refractivity contribution is -0.152. The summed E-state index contributed by atoms with van der Waals surface area (Å²) in [4.78, 5) is 52.9. The van der Waals surface area contributed by atoms with E-state index in [0.29, 0.717) is 24.0 Å². The number of imide groups is 1. The van der Waals surface area contributed by atoms with Crippen LogP contribution in [0.1, 0.15) is 40.1 Å². The van der Waals surface area contributed by atoms with Crippen LogP contribution in [0.2, 0.25) is 0 Å². The van der Waals surface area contributed by atoms with Crippen LogP contribution in [0.15, 0.2) is 24.3 Å². The number of amides is 3. The monoisotopic (exact) mass is 898 g/mol. The molecular weight excluding hydrogens is 880 g/mol. The molecule has 33 heavy (non-hydrogen) atoms. The van der Waals surface area contributed by atoms with Gasteiger partial charge in [0.1, 0.15) is 6.04 Å². The maximum atomic E-state index is 13.3. The molecule has 0 saturated carbocycles. The molecule has 0 spiro atoms. The van der Waals surface area contributed by atoms with Gasteiger partial charge in [-0.25, -0.2) is 4.79 Å². The van der Waals surface area contributed by atoms with E-state index in [9.17, 15) is 19.2 Å². The number of benzene rings is 2. The van der Waals surface area contributed by atoms with Gasteiger partial charge < -0.3 is 10.1 Å². The molecule has 1 atom stereocenters. The quantitative estimate of drug-likeness (QED) is 0.141. The van der Waals surface area contributed by atoms with Crippen LogP contribution in [0.25, 0.3) is 0 Å². The minimum Gasteiger partial charge on any atom is -0.454 e. The number of fused-ring (bicyclic) bond motifs is 1. The molecule has 0 unspecified atom stereocenters. The molecular formula is C22H18I4N2O5. The third kappa shape index (κ3) is 5.34. The Kier molecular flexibility index (Phi) is 9.02. The molecule has 0 bridgehead atoms. The SMILES string of the molecule is Cc1ccccc1NC(=O)COC(=O)[C@@H](C(C)C)N1C(=O)c2c(I)c(I)c(I)c(I)c2C1=O. The van der Waals surface area contributed by atoms with E-state index in [1.807, 2.05) is 19.1 Å². The smallest absolute Gasteiger partial charge is 0.330 e. The number of carbonyl (C=O) groups is 4. The first kappa shape index (κ1) is 27.0. The largest absolute Gasteiger partial charge is 0.454 e. The number of hydrogen-bond acceptors (Lipinski definition) is 5. The van der Waals surface area contributed by atoms with Crippen molar-refractivity contribution in [3.05, 3.63) is 55.2 Å². The molecule has 174 valence electrons. The van der Waals surface area contributed by atoms with Crippen molar-refractivity contribution in [2.75, 3.05) is 11.9 Å². The number of para-hydroxylation sites is 1. The van der Waals surface area contributed by atoms with Crippen LogP contribution in [0.4, 0.5) is 5.69 Å². The average molecular weight is 898 g/mol. The van der Waals surface area contributed by atoms with E-state index in [0.717, 1.165) is 17.6 Å². The lowest BCUT2D eigenvalue weighted by Gasteiger charge is -2.27. The predicted octanol–water partition coefficient (Wildman–Crippen LogP) is 5.22. The van der Waals surface area contributed by atoms with Crippen LogP contribution in [0.3, 0.4) is 0 Å². The number of nitrogens with one attached hydrogen (secondary N) is 1. The highest BCUT2D eigenvalue weighted by molar-refractivity contribution is 14.1. The van der Waals surface area contributed by atoms with E-state index >= 15 is 0 Å². The van der Waals surface area contributed by atoms with Crippen molar-refractivity contribution in [2.45, 2.75) is 26.8 Å². The molecule has 1 aliphatic rings. The fraction of sp³-hybridized carbons (Fsp3) is 0.273. The molecule has 11 heteroatoms. The molecule has 1 aliphatic heterocycles. The molecule has 1 heterocycles. The van der Waals surface area contributed by atoms with Crippen molar-refractivity contribution >= 4 is 120 Å². The fourth-order valence-corrected chi connectivity index (χ4v) is 7.07. The van der Waals surface area contributed by atoms with Crippen LogP contribution in [-0.2, 0) is 14.3 Å². The van der Waals surface area contributed by atoms with Gasteiger partial charge in [-0.2, -0.15) is 0 Å². The van der Waals surface area contributed by atoms with Crippen LogP contribution in [-0.4, -0.2) is 41.2 Å². The van der Waals surface area contributed by atoms with Gasteiger partial charge in [0.2, 0.25) is 0 Å². The molecule has 7 nitrogen and oxygen atoms in total. The number of nitrogens with zero attached hydrogens (tertiary/aromatic N) is 1. The Labute approximate surface area is 245 Å². The molecule has 2 aromatic rings. The summed E-state index contributed by atoms with van der Waals surface area (Å²) in [6.07, 6.45) is 0. The second-order valence-corrected chi connectivity index (χ2v) is 12.0. The van der Waals surface area contributed by atoms with Crippen molar-refractivity contribution in [1.82, 2.24) is 4.90 Å². The van der Waals surface area contributed by atoms with Crippen molar-refractivity contribution in [3.63, 3.8) is 0 Å². The van der Waals surface area contributed by atoms with Gasteiger partial charge in [-0.05, 0) is 115 Å². The molecule has 0 fully saturated rings. The minimum absolute atomic E-state index is 0.311. The van der Waals surface area contributed by atoms with Crippen molar-refractivity contribution < 1.29 is 23.9 Å². The van der Waals surface area contributed by atoms with E-state index in [4.69, 9.17) is 4.74 Å². The molecule has 0 saturated heterocycles. The Morgan fingerprint density at radius 2 is 1.45 bits per heavy atom. The van der Waals surface area contributed by atoms with Crippen LogP contribution >= 0.6 is 90.4 Å². The molecule has 0 radical (unpaired) electrons. The van der Waals surface area contributed by atoms with Gasteiger partial charge in [0, 0.05) is 20.0 Å². The zero-order valence-corrected chi connectivity index (χ0v) is 26.3. The summed E-state index contributed by atoms with van der Waals surface area (Å²) < 4.78 is 8.39.